The Bertz CT molecular complexity index is 356. The van der Waals surface area contributed by atoms with Gasteiger partial charge < -0.3 is 14.2 Å². The van der Waals surface area contributed by atoms with Crippen LogP contribution in [0.1, 0.15) is 41.0 Å². The SMILES string of the molecule is CC(=O)O[C@H]1C[C@@](OC(C)(C)C)([Si](C)C)O[C@@H](C)[C@H]1F. The summed E-state index contributed by atoms with van der Waals surface area (Å²) in [6.07, 6.45) is -2.54. The second kappa shape index (κ2) is 6.11. The maximum atomic E-state index is 14.2. The number of ether oxygens (including phenoxy) is 3. The van der Waals surface area contributed by atoms with E-state index in [-0.39, 0.29) is 6.42 Å². The van der Waals surface area contributed by atoms with Crippen molar-refractivity contribution in [3.63, 3.8) is 0 Å². The van der Waals surface area contributed by atoms with E-state index in [1.54, 1.807) is 6.92 Å². The molecule has 0 unspecified atom stereocenters. The molecule has 117 valence electrons. The Labute approximate surface area is 122 Å². The molecule has 0 N–H and O–H groups in total. The van der Waals surface area contributed by atoms with Crippen molar-refractivity contribution in [1.82, 2.24) is 0 Å². The van der Waals surface area contributed by atoms with Gasteiger partial charge in [-0.3, -0.25) is 4.79 Å². The van der Waals surface area contributed by atoms with Crippen molar-refractivity contribution in [3.8, 4) is 0 Å². The minimum atomic E-state index is -1.32. The molecule has 0 aromatic rings. The average Bonchev–Trinajstić information content (AvgIpc) is 2.21. The number of alkyl halides is 1. The van der Waals surface area contributed by atoms with Crippen molar-refractivity contribution in [2.75, 3.05) is 0 Å². The zero-order valence-corrected chi connectivity index (χ0v) is 14.5. The average molecular weight is 305 g/mol. The monoisotopic (exact) mass is 305 g/mol. The van der Waals surface area contributed by atoms with E-state index in [0.29, 0.717) is 0 Å². The Morgan fingerprint density at radius 1 is 1.40 bits per heavy atom. The highest BCUT2D eigenvalue weighted by Crippen LogP contribution is 2.38. The van der Waals surface area contributed by atoms with Crippen LogP contribution >= 0.6 is 0 Å². The first kappa shape index (κ1) is 17.6. The number of halogens is 1. The standard InChI is InChI=1S/C14H26FO4Si/c1-9-12(15)11(17-10(2)16)8-14(18-9,20(6)7)19-13(3,4)5/h9,11-12H,8H2,1-7H3/t9-,11-,12+,14+/m0/s1. The molecule has 0 amide bonds. The van der Waals surface area contributed by atoms with Gasteiger partial charge in [0.2, 0.25) is 0 Å². The highest BCUT2D eigenvalue weighted by atomic mass is 28.3. The van der Waals surface area contributed by atoms with Crippen LogP contribution < -0.4 is 0 Å². The molecule has 1 heterocycles. The molecule has 0 bridgehead atoms. The molecular formula is C14H26FO4Si. The number of esters is 1. The molecule has 0 aromatic heterocycles. The summed E-state index contributed by atoms with van der Waals surface area (Å²) in [5.74, 6) is -0.475. The number of hydrogen-bond donors (Lipinski definition) is 0. The van der Waals surface area contributed by atoms with Crippen molar-refractivity contribution < 1.29 is 23.4 Å². The Balaban J connectivity index is 3.02. The molecule has 4 atom stereocenters. The van der Waals surface area contributed by atoms with Crippen LogP contribution in [0.3, 0.4) is 0 Å². The van der Waals surface area contributed by atoms with Crippen LogP contribution in [0.15, 0.2) is 0 Å². The summed E-state index contributed by atoms with van der Waals surface area (Å²) in [6.45, 7) is 12.9. The normalized spacial score (nSPS) is 35.1. The Hall–Kier alpha value is -0.463. The third-order valence-corrected chi connectivity index (χ3v) is 5.15. The van der Waals surface area contributed by atoms with Crippen molar-refractivity contribution >= 4 is 14.8 Å². The van der Waals surface area contributed by atoms with Crippen molar-refractivity contribution in [1.29, 1.82) is 0 Å². The number of carbonyl (C=O) groups excluding carboxylic acids is 1. The summed E-state index contributed by atoms with van der Waals surface area (Å²) in [7, 11) is -1.05. The lowest BCUT2D eigenvalue weighted by Gasteiger charge is -2.49. The molecule has 0 spiro atoms. The van der Waals surface area contributed by atoms with Gasteiger partial charge in [-0.1, -0.05) is 13.1 Å². The third-order valence-electron chi connectivity index (χ3n) is 3.20. The molecule has 4 nitrogen and oxygen atoms in total. The van der Waals surface area contributed by atoms with Gasteiger partial charge in [0, 0.05) is 13.3 Å². The van der Waals surface area contributed by atoms with E-state index in [1.165, 1.54) is 6.92 Å². The molecular weight excluding hydrogens is 279 g/mol. The van der Waals surface area contributed by atoms with E-state index in [4.69, 9.17) is 14.2 Å². The van der Waals surface area contributed by atoms with Crippen molar-refractivity contribution in [2.45, 2.75) is 83.5 Å². The third kappa shape index (κ3) is 4.26. The summed E-state index contributed by atoms with van der Waals surface area (Å²) in [5, 5.41) is 0. The van der Waals surface area contributed by atoms with E-state index < -0.39 is 44.2 Å². The summed E-state index contributed by atoms with van der Waals surface area (Å²) in [4.78, 5) is 11.2. The van der Waals surface area contributed by atoms with Crippen LogP contribution in [0, 0.1) is 0 Å². The maximum absolute atomic E-state index is 14.2. The van der Waals surface area contributed by atoms with Gasteiger partial charge >= 0.3 is 5.97 Å². The molecule has 1 fully saturated rings. The Morgan fingerprint density at radius 3 is 2.35 bits per heavy atom. The largest absolute Gasteiger partial charge is 0.459 e. The van der Waals surface area contributed by atoms with Gasteiger partial charge in [0.25, 0.3) is 0 Å². The van der Waals surface area contributed by atoms with Crippen molar-refractivity contribution in [3.05, 3.63) is 0 Å². The first-order valence-corrected chi connectivity index (χ1v) is 9.47. The summed E-state index contributed by atoms with van der Waals surface area (Å²) >= 11 is 0. The minimum Gasteiger partial charge on any atom is -0.459 e. The quantitative estimate of drug-likeness (QED) is 0.594. The van der Waals surface area contributed by atoms with Gasteiger partial charge in [-0.25, -0.2) is 4.39 Å². The van der Waals surface area contributed by atoms with Gasteiger partial charge in [0.1, 0.15) is 14.9 Å². The summed E-state index contributed by atoms with van der Waals surface area (Å²) < 4.78 is 31.3. The fraction of sp³-hybridized carbons (Fsp3) is 0.929. The molecule has 0 aromatic carbocycles. The Kier molecular flexibility index (Phi) is 5.38. The zero-order valence-electron chi connectivity index (χ0n) is 13.5. The predicted molar refractivity (Wildman–Crippen MR) is 76.7 cm³/mol. The summed E-state index contributed by atoms with van der Waals surface area (Å²) in [5.41, 5.74) is -1.25. The molecule has 0 saturated carbocycles. The van der Waals surface area contributed by atoms with Crippen LogP contribution in [-0.2, 0) is 19.0 Å². The van der Waals surface area contributed by atoms with Gasteiger partial charge in [0.15, 0.2) is 11.6 Å². The first-order valence-electron chi connectivity index (χ1n) is 6.97. The smallest absolute Gasteiger partial charge is 0.303 e. The molecule has 6 heteroatoms. The highest BCUT2D eigenvalue weighted by Gasteiger charge is 2.52. The second-order valence-corrected chi connectivity index (χ2v) is 9.35. The van der Waals surface area contributed by atoms with Crippen LogP contribution in [0.5, 0.6) is 0 Å². The minimum absolute atomic E-state index is 0.247. The van der Waals surface area contributed by atoms with Gasteiger partial charge in [0.05, 0.1) is 11.7 Å². The molecule has 1 aliphatic rings. The van der Waals surface area contributed by atoms with Crippen LogP contribution in [-0.4, -0.2) is 44.2 Å². The Morgan fingerprint density at radius 2 is 1.95 bits per heavy atom. The first-order chi connectivity index (χ1) is 8.97. The zero-order chi connectivity index (χ0) is 15.7. The van der Waals surface area contributed by atoms with Crippen molar-refractivity contribution in [2.24, 2.45) is 0 Å². The van der Waals surface area contributed by atoms with Crippen LogP contribution in [0.25, 0.3) is 0 Å². The van der Waals surface area contributed by atoms with E-state index in [2.05, 4.69) is 13.1 Å². The highest BCUT2D eigenvalue weighted by molar-refractivity contribution is 6.58. The molecule has 1 saturated heterocycles. The van der Waals surface area contributed by atoms with E-state index in [0.717, 1.165) is 0 Å². The van der Waals surface area contributed by atoms with Crippen LogP contribution in [0.4, 0.5) is 4.39 Å². The lowest BCUT2D eigenvalue weighted by Crippen LogP contribution is -2.61. The number of carbonyl (C=O) groups is 1. The molecule has 0 aliphatic carbocycles. The second-order valence-electron chi connectivity index (χ2n) is 6.59. The van der Waals surface area contributed by atoms with Crippen LogP contribution in [0.2, 0.25) is 13.1 Å². The summed E-state index contributed by atoms with van der Waals surface area (Å²) in [6, 6.07) is 0. The topological polar surface area (TPSA) is 44.8 Å². The fourth-order valence-electron chi connectivity index (χ4n) is 2.40. The van der Waals surface area contributed by atoms with E-state index in [9.17, 15) is 9.18 Å². The van der Waals surface area contributed by atoms with Gasteiger partial charge in [-0.15, -0.1) is 0 Å². The van der Waals surface area contributed by atoms with E-state index in [1.807, 2.05) is 20.8 Å². The molecule has 1 rings (SSSR count). The van der Waals surface area contributed by atoms with E-state index >= 15 is 0 Å². The number of hydrogen-bond acceptors (Lipinski definition) is 4. The maximum Gasteiger partial charge on any atom is 0.303 e. The van der Waals surface area contributed by atoms with Gasteiger partial charge in [-0.2, -0.15) is 0 Å². The molecule has 1 radical (unpaired) electrons. The van der Waals surface area contributed by atoms with Gasteiger partial charge in [-0.05, 0) is 27.7 Å². The predicted octanol–water partition coefficient (Wildman–Crippen LogP) is 2.87. The fourth-order valence-corrected chi connectivity index (χ4v) is 3.94. The lowest BCUT2D eigenvalue weighted by molar-refractivity contribution is -0.295. The molecule has 20 heavy (non-hydrogen) atoms. The number of rotatable bonds is 3. The lowest BCUT2D eigenvalue weighted by atomic mass is 10.0. The molecule has 1 aliphatic heterocycles.